The van der Waals surface area contributed by atoms with Gasteiger partial charge >= 0.3 is 5.97 Å². The van der Waals surface area contributed by atoms with Crippen molar-refractivity contribution in [2.45, 2.75) is 89.9 Å². The van der Waals surface area contributed by atoms with Gasteiger partial charge in [0.15, 0.2) is 5.76 Å². The fourth-order valence-electron chi connectivity index (χ4n) is 4.80. The van der Waals surface area contributed by atoms with Crippen LogP contribution in [0.3, 0.4) is 0 Å². The number of hydrogen-bond acceptors (Lipinski definition) is 6. The van der Waals surface area contributed by atoms with Crippen LogP contribution in [-0.4, -0.2) is 35.9 Å². The third-order valence-corrected chi connectivity index (χ3v) is 7.21. The number of carboxylic acids is 1. The SMILES string of the molecule is Cc1cc2c(cc1Cc1ccc(C(=O)NC(CCCNC(N)N)C(=O)O)o1)C(C)(C)CCC2(C)C. The normalized spacial score (nSPS) is 17.1. The number of furan rings is 1. The molecule has 0 spiro atoms. The molecule has 1 aromatic carbocycles. The molecule has 1 aromatic heterocycles. The van der Waals surface area contributed by atoms with Crippen LogP contribution in [0.1, 0.15) is 91.9 Å². The van der Waals surface area contributed by atoms with E-state index in [9.17, 15) is 14.7 Å². The lowest BCUT2D eigenvalue weighted by Gasteiger charge is -2.42. The summed E-state index contributed by atoms with van der Waals surface area (Å²) in [6.45, 7) is 11.8. The van der Waals surface area contributed by atoms with Crippen LogP contribution in [0.25, 0.3) is 0 Å². The molecule has 192 valence electrons. The van der Waals surface area contributed by atoms with Gasteiger partial charge in [-0.25, -0.2) is 4.79 Å². The molecule has 0 aliphatic heterocycles. The Morgan fingerprint density at radius 2 is 1.71 bits per heavy atom. The first-order valence-corrected chi connectivity index (χ1v) is 12.3. The summed E-state index contributed by atoms with van der Waals surface area (Å²) in [4.78, 5) is 24.2. The molecule has 3 rings (SSSR count). The number of rotatable bonds is 10. The Morgan fingerprint density at radius 1 is 1.09 bits per heavy atom. The van der Waals surface area contributed by atoms with Crippen molar-refractivity contribution in [2.24, 2.45) is 11.5 Å². The standard InChI is InChI=1S/C27H40N4O4/c1-16-13-19-20(27(4,5)11-10-26(19,2)3)15-17(16)14-18-8-9-22(35-18)23(32)31-21(24(33)34)7-6-12-30-25(28)29/h8-9,13,15,21,25,30H,6-7,10-12,14,28-29H2,1-5H3,(H,31,32)(H,33,34). The van der Waals surface area contributed by atoms with Gasteiger partial charge in [-0.2, -0.15) is 0 Å². The predicted octanol–water partition coefficient (Wildman–Crippen LogP) is 3.28. The quantitative estimate of drug-likeness (QED) is 0.257. The highest BCUT2D eigenvalue weighted by atomic mass is 16.4. The van der Waals surface area contributed by atoms with Crippen molar-refractivity contribution in [3.05, 3.63) is 58.0 Å². The highest BCUT2D eigenvalue weighted by Crippen LogP contribution is 2.46. The summed E-state index contributed by atoms with van der Waals surface area (Å²) in [6, 6.07) is 6.96. The van der Waals surface area contributed by atoms with Crippen molar-refractivity contribution >= 4 is 11.9 Å². The number of carbonyl (C=O) groups excluding carboxylic acids is 1. The van der Waals surface area contributed by atoms with Gasteiger partial charge in [-0.15, -0.1) is 0 Å². The minimum Gasteiger partial charge on any atom is -0.480 e. The zero-order valence-electron chi connectivity index (χ0n) is 21.5. The molecule has 0 radical (unpaired) electrons. The van der Waals surface area contributed by atoms with Crippen LogP contribution in [-0.2, 0) is 22.0 Å². The van der Waals surface area contributed by atoms with Gasteiger partial charge in [-0.1, -0.05) is 39.8 Å². The summed E-state index contributed by atoms with van der Waals surface area (Å²) < 4.78 is 5.83. The van der Waals surface area contributed by atoms with E-state index < -0.39 is 24.2 Å². The van der Waals surface area contributed by atoms with E-state index in [0.717, 1.165) is 12.8 Å². The zero-order chi connectivity index (χ0) is 26.0. The number of nitrogens with two attached hydrogens (primary N) is 2. The van der Waals surface area contributed by atoms with E-state index in [-0.39, 0.29) is 23.0 Å². The Hall–Kier alpha value is -2.68. The minimum absolute atomic E-state index is 0.102. The molecule has 0 saturated carbocycles. The monoisotopic (exact) mass is 484 g/mol. The first-order valence-electron chi connectivity index (χ1n) is 12.3. The fraction of sp³-hybridized carbons (Fsp3) is 0.556. The summed E-state index contributed by atoms with van der Waals surface area (Å²) in [5, 5.41) is 14.8. The van der Waals surface area contributed by atoms with Gasteiger partial charge in [-0.3, -0.25) is 10.1 Å². The molecular formula is C27H40N4O4. The van der Waals surface area contributed by atoms with Gasteiger partial charge in [0.2, 0.25) is 0 Å². The van der Waals surface area contributed by atoms with E-state index in [4.69, 9.17) is 15.9 Å². The molecule has 7 N–H and O–H groups in total. The average molecular weight is 485 g/mol. The van der Waals surface area contributed by atoms with Gasteiger partial charge in [0, 0.05) is 6.42 Å². The summed E-state index contributed by atoms with van der Waals surface area (Å²) >= 11 is 0. The summed E-state index contributed by atoms with van der Waals surface area (Å²) in [5.74, 6) is -0.876. The van der Waals surface area contributed by atoms with E-state index in [1.165, 1.54) is 22.3 Å². The molecule has 0 saturated heterocycles. The van der Waals surface area contributed by atoms with Gasteiger partial charge in [-0.05, 0) is 84.4 Å². The molecule has 1 aliphatic rings. The van der Waals surface area contributed by atoms with E-state index in [2.05, 4.69) is 57.4 Å². The largest absolute Gasteiger partial charge is 0.480 e. The molecule has 0 fully saturated rings. The number of carboxylic acid groups (broad SMARTS) is 1. The third kappa shape index (κ3) is 6.51. The van der Waals surface area contributed by atoms with E-state index >= 15 is 0 Å². The third-order valence-electron chi connectivity index (χ3n) is 7.21. The fourth-order valence-corrected chi connectivity index (χ4v) is 4.80. The zero-order valence-corrected chi connectivity index (χ0v) is 21.5. The number of amides is 1. The van der Waals surface area contributed by atoms with E-state index in [0.29, 0.717) is 25.1 Å². The van der Waals surface area contributed by atoms with Crippen molar-refractivity contribution in [3.8, 4) is 0 Å². The van der Waals surface area contributed by atoms with Crippen molar-refractivity contribution in [3.63, 3.8) is 0 Å². The van der Waals surface area contributed by atoms with Gasteiger partial charge in [0.1, 0.15) is 18.1 Å². The molecule has 8 heteroatoms. The first kappa shape index (κ1) is 26.9. The Kier molecular flexibility index (Phi) is 8.09. The van der Waals surface area contributed by atoms with Crippen molar-refractivity contribution < 1.29 is 19.1 Å². The first-order chi connectivity index (χ1) is 16.3. The average Bonchev–Trinajstić information content (AvgIpc) is 3.23. The van der Waals surface area contributed by atoms with Crippen LogP contribution < -0.4 is 22.1 Å². The Balaban J connectivity index is 1.71. The molecule has 1 heterocycles. The van der Waals surface area contributed by atoms with Crippen molar-refractivity contribution in [1.82, 2.24) is 10.6 Å². The lowest BCUT2D eigenvalue weighted by molar-refractivity contribution is -0.139. The number of nitrogens with one attached hydrogen (secondary N) is 2. The second-order valence-corrected chi connectivity index (χ2v) is 11.0. The number of benzene rings is 1. The highest BCUT2D eigenvalue weighted by Gasteiger charge is 2.37. The smallest absolute Gasteiger partial charge is 0.326 e. The van der Waals surface area contributed by atoms with Gasteiger partial charge in [0.05, 0.1) is 0 Å². The van der Waals surface area contributed by atoms with Crippen LogP contribution in [0.15, 0.2) is 28.7 Å². The van der Waals surface area contributed by atoms with Crippen LogP contribution >= 0.6 is 0 Å². The molecule has 1 aliphatic carbocycles. The lowest BCUT2D eigenvalue weighted by Crippen LogP contribution is -2.46. The molecule has 1 unspecified atom stereocenters. The molecule has 0 bridgehead atoms. The highest BCUT2D eigenvalue weighted by molar-refractivity contribution is 5.94. The number of carbonyl (C=O) groups is 2. The van der Waals surface area contributed by atoms with Crippen molar-refractivity contribution in [2.75, 3.05) is 6.54 Å². The number of aryl methyl sites for hydroxylation is 1. The minimum atomic E-state index is -1.10. The van der Waals surface area contributed by atoms with E-state index in [1.54, 1.807) is 12.1 Å². The molecule has 1 atom stereocenters. The van der Waals surface area contributed by atoms with Gasteiger partial charge in [0.25, 0.3) is 5.91 Å². The molecular weight excluding hydrogens is 444 g/mol. The number of aliphatic carboxylic acids is 1. The van der Waals surface area contributed by atoms with Crippen LogP contribution in [0.4, 0.5) is 0 Å². The Bertz CT molecular complexity index is 1070. The summed E-state index contributed by atoms with van der Waals surface area (Å²) in [7, 11) is 0. The number of fused-ring (bicyclic) bond motifs is 1. The maximum absolute atomic E-state index is 12.7. The number of hydrogen-bond donors (Lipinski definition) is 5. The Morgan fingerprint density at radius 3 is 2.31 bits per heavy atom. The van der Waals surface area contributed by atoms with Crippen LogP contribution in [0, 0.1) is 6.92 Å². The Labute approximate surface area is 207 Å². The maximum Gasteiger partial charge on any atom is 0.326 e. The maximum atomic E-state index is 12.7. The summed E-state index contributed by atoms with van der Waals surface area (Å²) in [6.07, 6.45) is 2.95. The van der Waals surface area contributed by atoms with Gasteiger partial charge < -0.3 is 26.3 Å². The topological polar surface area (TPSA) is 144 Å². The van der Waals surface area contributed by atoms with E-state index in [1.807, 2.05) is 0 Å². The molecule has 2 aromatic rings. The molecule has 1 amide bonds. The second kappa shape index (κ2) is 10.5. The second-order valence-electron chi connectivity index (χ2n) is 11.0. The summed E-state index contributed by atoms with van der Waals surface area (Å²) in [5.41, 5.74) is 16.3. The van der Waals surface area contributed by atoms with Crippen molar-refractivity contribution in [1.29, 1.82) is 0 Å². The molecule has 8 nitrogen and oxygen atoms in total. The van der Waals surface area contributed by atoms with Crippen LogP contribution in [0.5, 0.6) is 0 Å². The molecule has 35 heavy (non-hydrogen) atoms. The van der Waals surface area contributed by atoms with Crippen LogP contribution in [0.2, 0.25) is 0 Å². The lowest BCUT2D eigenvalue weighted by atomic mass is 9.62. The predicted molar refractivity (Wildman–Crippen MR) is 136 cm³/mol.